The van der Waals surface area contributed by atoms with Gasteiger partial charge in [0.2, 0.25) is 0 Å². The van der Waals surface area contributed by atoms with Gasteiger partial charge in [0.05, 0.1) is 5.56 Å². The van der Waals surface area contributed by atoms with Gasteiger partial charge < -0.3 is 15.4 Å². The summed E-state index contributed by atoms with van der Waals surface area (Å²) in [6, 6.07) is 14.0. The number of alkyl halides is 3. The Labute approximate surface area is 193 Å². The van der Waals surface area contributed by atoms with E-state index in [1.54, 1.807) is 42.1 Å². The Hall–Kier alpha value is -3.20. The van der Waals surface area contributed by atoms with E-state index in [0.717, 1.165) is 6.07 Å². The van der Waals surface area contributed by atoms with E-state index in [-0.39, 0.29) is 33.5 Å². The third kappa shape index (κ3) is 5.98. The van der Waals surface area contributed by atoms with Crippen molar-refractivity contribution in [3.63, 3.8) is 0 Å². The minimum absolute atomic E-state index is 0.0151. The second kappa shape index (κ2) is 10.2. The summed E-state index contributed by atoms with van der Waals surface area (Å²) >= 11 is 1.55. The van der Waals surface area contributed by atoms with Crippen LogP contribution in [0.4, 0.5) is 18.9 Å². The fourth-order valence-corrected chi connectivity index (χ4v) is 4.15. The zero-order chi connectivity index (χ0) is 24.2. The number of carbonyl (C=O) groups excluding carboxylic acids is 2. The molecule has 0 aliphatic rings. The molecule has 0 aromatic heterocycles. The number of hydrogen-bond acceptors (Lipinski definition) is 4. The Morgan fingerprint density at radius 1 is 1.06 bits per heavy atom. The molecule has 0 saturated heterocycles. The van der Waals surface area contributed by atoms with Crippen LogP contribution in [-0.4, -0.2) is 36.2 Å². The summed E-state index contributed by atoms with van der Waals surface area (Å²) in [6.45, 7) is 3.33. The maximum absolute atomic E-state index is 13.2. The molecule has 9 heteroatoms. The second-order valence-corrected chi connectivity index (χ2v) is 8.40. The lowest BCUT2D eigenvalue weighted by Gasteiger charge is -2.19. The highest BCUT2D eigenvalue weighted by molar-refractivity contribution is 7.98. The molecule has 1 unspecified atom stereocenters. The van der Waals surface area contributed by atoms with E-state index < -0.39 is 23.9 Å². The summed E-state index contributed by atoms with van der Waals surface area (Å²) in [7, 11) is 0. The maximum Gasteiger partial charge on any atom is 0.573 e. The smallest absolute Gasteiger partial charge is 0.405 e. The van der Waals surface area contributed by atoms with Crippen molar-refractivity contribution < 1.29 is 27.5 Å². The van der Waals surface area contributed by atoms with E-state index >= 15 is 0 Å². The van der Waals surface area contributed by atoms with Gasteiger partial charge in [0, 0.05) is 33.8 Å². The lowest BCUT2D eigenvalue weighted by atomic mass is 9.93. The molecule has 174 valence electrons. The summed E-state index contributed by atoms with van der Waals surface area (Å²) in [6.07, 6.45) is -3.03. The minimum Gasteiger partial charge on any atom is -0.405 e. The molecule has 3 aromatic rings. The zero-order valence-corrected chi connectivity index (χ0v) is 19.1. The Morgan fingerprint density at radius 2 is 1.76 bits per heavy atom. The van der Waals surface area contributed by atoms with Gasteiger partial charge in [-0.15, -0.1) is 13.2 Å². The minimum atomic E-state index is -4.93. The molecule has 0 bridgehead atoms. The van der Waals surface area contributed by atoms with Crippen molar-refractivity contribution in [2.45, 2.75) is 26.3 Å². The molecule has 0 saturated carbocycles. The standard InChI is InChI=1S/C24H23F3N2O3S/c1-14-12-19(32-24(25,26)27)17-10-7-11-18(22(30)28-15(2)13-33-3)21(17)20(14)23(31)29-16-8-5-4-6-9-16/h4-12,15H,13H2,1-3H3,(H,28,30)(H,29,31). The third-order valence-corrected chi connectivity index (χ3v) is 5.68. The number of halogens is 3. The topological polar surface area (TPSA) is 67.4 Å². The molecule has 0 aliphatic carbocycles. The molecule has 2 amide bonds. The first-order valence-corrected chi connectivity index (χ1v) is 11.5. The number of carbonyl (C=O) groups is 2. The van der Waals surface area contributed by atoms with Crippen molar-refractivity contribution in [1.29, 1.82) is 0 Å². The van der Waals surface area contributed by atoms with Crippen LogP contribution in [0.25, 0.3) is 10.8 Å². The van der Waals surface area contributed by atoms with Crippen LogP contribution in [-0.2, 0) is 0 Å². The van der Waals surface area contributed by atoms with E-state index in [1.165, 1.54) is 25.1 Å². The van der Waals surface area contributed by atoms with Crippen LogP contribution in [0, 0.1) is 6.92 Å². The quantitative estimate of drug-likeness (QED) is 0.454. The number of hydrogen-bond donors (Lipinski definition) is 2. The maximum atomic E-state index is 13.2. The SMILES string of the molecule is CSCC(C)NC(=O)c1cccc2c(OC(F)(F)F)cc(C)c(C(=O)Nc3ccccc3)c12. The monoisotopic (exact) mass is 476 g/mol. The highest BCUT2D eigenvalue weighted by Gasteiger charge is 2.33. The predicted molar refractivity (Wildman–Crippen MR) is 125 cm³/mol. The van der Waals surface area contributed by atoms with Gasteiger partial charge in [0.25, 0.3) is 11.8 Å². The molecule has 3 rings (SSSR count). The van der Waals surface area contributed by atoms with Gasteiger partial charge in [-0.25, -0.2) is 0 Å². The number of aryl methyl sites for hydroxylation is 1. The average molecular weight is 477 g/mol. The van der Waals surface area contributed by atoms with Crippen LogP contribution in [0.2, 0.25) is 0 Å². The Morgan fingerprint density at radius 3 is 2.39 bits per heavy atom. The fourth-order valence-electron chi connectivity index (χ4n) is 3.57. The first-order valence-electron chi connectivity index (χ1n) is 10.1. The normalized spacial score (nSPS) is 12.3. The molecule has 33 heavy (non-hydrogen) atoms. The van der Waals surface area contributed by atoms with E-state index in [2.05, 4.69) is 15.4 Å². The first kappa shape index (κ1) is 24.4. The van der Waals surface area contributed by atoms with Gasteiger partial charge >= 0.3 is 6.36 Å². The Kier molecular flexibility index (Phi) is 7.53. The van der Waals surface area contributed by atoms with Crippen LogP contribution in [0.3, 0.4) is 0 Å². The van der Waals surface area contributed by atoms with Crippen molar-refractivity contribution in [3.8, 4) is 5.75 Å². The molecule has 2 N–H and O–H groups in total. The number of ether oxygens (including phenoxy) is 1. The average Bonchev–Trinajstić information content (AvgIpc) is 2.73. The number of anilines is 1. The number of nitrogens with one attached hydrogen (secondary N) is 2. The number of fused-ring (bicyclic) bond motifs is 1. The lowest BCUT2D eigenvalue weighted by Crippen LogP contribution is -2.34. The van der Waals surface area contributed by atoms with Gasteiger partial charge in [-0.3, -0.25) is 9.59 Å². The van der Waals surface area contributed by atoms with E-state index in [4.69, 9.17) is 0 Å². The van der Waals surface area contributed by atoms with Gasteiger partial charge in [-0.2, -0.15) is 11.8 Å². The van der Waals surface area contributed by atoms with Crippen LogP contribution in [0.5, 0.6) is 5.75 Å². The summed E-state index contributed by atoms with van der Waals surface area (Å²) in [5.74, 6) is -0.850. The lowest BCUT2D eigenvalue weighted by molar-refractivity contribution is -0.274. The molecular weight excluding hydrogens is 453 g/mol. The van der Waals surface area contributed by atoms with Crippen molar-refractivity contribution in [1.82, 2.24) is 5.32 Å². The molecule has 0 aliphatic heterocycles. The summed E-state index contributed by atoms with van der Waals surface area (Å²) in [5, 5.41) is 5.70. The third-order valence-electron chi connectivity index (χ3n) is 4.85. The van der Waals surface area contributed by atoms with E-state index in [1.807, 2.05) is 13.2 Å². The zero-order valence-electron chi connectivity index (χ0n) is 18.2. The van der Waals surface area contributed by atoms with Gasteiger partial charge in [-0.1, -0.05) is 30.3 Å². The Balaban J connectivity index is 2.19. The van der Waals surface area contributed by atoms with Crippen LogP contribution in [0.15, 0.2) is 54.6 Å². The molecule has 1 atom stereocenters. The highest BCUT2D eigenvalue weighted by atomic mass is 32.2. The molecule has 0 spiro atoms. The molecule has 5 nitrogen and oxygen atoms in total. The fraction of sp³-hybridized carbons (Fsp3) is 0.250. The number of thioether (sulfide) groups is 1. The molecule has 0 radical (unpaired) electrons. The summed E-state index contributed by atoms with van der Waals surface area (Å²) in [5.41, 5.74) is 0.954. The second-order valence-electron chi connectivity index (χ2n) is 7.49. The predicted octanol–water partition coefficient (Wildman–Crippen LogP) is 5.78. The number of amides is 2. The number of benzene rings is 3. The van der Waals surface area contributed by atoms with Crippen molar-refractivity contribution in [2.75, 3.05) is 17.3 Å². The highest BCUT2D eigenvalue weighted by Crippen LogP contribution is 2.37. The van der Waals surface area contributed by atoms with Crippen LogP contribution >= 0.6 is 11.8 Å². The molecule has 0 heterocycles. The first-order chi connectivity index (χ1) is 15.6. The van der Waals surface area contributed by atoms with E-state index in [0.29, 0.717) is 11.4 Å². The van der Waals surface area contributed by atoms with Gasteiger partial charge in [0.15, 0.2) is 0 Å². The van der Waals surface area contributed by atoms with Crippen molar-refractivity contribution >= 4 is 40.0 Å². The largest absolute Gasteiger partial charge is 0.573 e. The van der Waals surface area contributed by atoms with Crippen LogP contribution in [0.1, 0.15) is 33.2 Å². The molecular formula is C24H23F3N2O3S. The summed E-state index contributed by atoms with van der Waals surface area (Å²) < 4.78 is 43.5. The van der Waals surface area contributed by atoms with Gasteiger partial charge in [-0.05, 0) is 49.9 Å². The van der Waals surface area contributed by atoms with Crippen LogP contribution < -0.4 is 15.4 Å². The van der Waals surface area contributed by atoms with Crippen molar-refractivity contribution in [2.24, 2.45) is 0 Å². The summed E-state index contributed by atoms with van der Waals surface area (Å²) in [4.78, 5) is 26.3. The Bertz CT molecular complexity index is 1170. The number of rotatable bonds is 7. The van der Waals surface area contributed by atoms with E-state index in [9.17, 15) is 22.8 Å². The molecule has 0 fully saturated rings. The number of para-hydroxylation sites is 1. The van der Waals surface area contributed by atoms with Gasteiger partial charge in [0.1, 0.15) is 5.75 Å². The van der Waals surface area contributed by atoms with Crippen molar-refractivity contribution in [3.05, 3.63) is 71.3 Å². The molecule has 3 aromatic carbocycles.